The lowest BCUT2D eigenvalue weighted by Crippen LogP contribution is -2.33. The SMILES string of the molecule is CC1CCN(c2ccc(-c3ccc(NC(=O)c4ccc5nc[nH]c5c4)cc3)nn2)CC1. The molecule has 0 saturated carbocycles. The molecule has 3 heterocycles. The standard InChI is InChI=1S/C24H24N6O/c1-16-10-12-30(13-11-16)23-9-8-20(28-29-23)17-2-5-19(6-3-17)27-24(31)18-4-7-21-22(14-18)26-15-25-21/h2-9,14-16H,10-13H2,1H3,(H,25,26)(H,27,31). The molecule has 0 aliphatic carbocycles. The lowest BCUT2D eigenvalue weighted by atomic mass is 9.99. The molecule has 5 rings (SSSR count). The number of nitrogens with zero attached hydrogens (tertiary/aromatic N) is 4. The second kappa shape index (κ2) is 8.18. The van der Waals surface area contributed by atoms with Crippen LogP contribution in [0.3, 0.4) is 0 Å². The van der Waals surface area contributed by atoms with Gasteiger partial charge in [0.05, 0.1) is 23.1 Å². The average Bonchev–Trinajstić information content (AvgIpc) is 3.28. The third kappa shape index (κ3) is 4.12. The summed E-state index contributed by atoms with van der Waals surface area (Å²) >= 11 is 0. The molecule has 0 atom stereocenters. The number of piperidine rings is 1. The Kier molecular flexibility index (Phi) is 5.08. The van der Waals surface area contributed by atoms with Crippen molar-refractivity contribution in [3.63, 3.8) is 0 Å². The fourth-order valence-electron chi connectivity index (χ4n) is 3.89. The number of H-pyrrole nitrogens is 1. The van der Waals surface area contributed by atoms with Gasteiger partial charge in [0.25, 0.3) is 5.91 Å². The van der Waals surface area contributed by atoms with Crippen molar-refractivity contribution in [1.82, 2.24) is 20.2 Å². The van der Waals surface area contributed by atoms with Gasteiger partial charge in [0.1, 0.15) is 0 Å². The van der Waals surface area contributed by atoms with Gasteiger partial charge in [-0.1, -0.05) is 19.1 Å². The van der Waals surface area contributed by atoms with Crippen LogP contribution in [0.2, 0.25) is 0 Å². The zero-order chi connectivity index (χ0) is 21.2. The molecule has 0 bridgehead atoms. The molecular formula is C24H24N6O. The Bertz CT molecular complexity index is 1190. The maximum atomic E-state index is 12.6. The molecule has 31 heavy (non-hydrogen) atoms. The molecule has 0 unspecified atom stereocenters. The van der Waals surface area contributed by atoms with Gasteiger partial charge in [0, 0.05) is 29.9 Å². The van der Waals surface area contributed by atoms with Gasteiger partial charge >= 0.3 is 0 Å². The van der Waals surface area contributed by atoms with Gasteiger partial charge < -0.3 is 15.2 Å². The van der Waals surface area contributed by atoms with E-state index < -0.39 is 0 Å². The van der Waals surface area contributed by atoms with Crippen LogP contribution in [-0.4, -0.2) is 39.2 Å². The molecule has 1 fully saturated rings. The van der Waals surface area contributed by atoms with Crippen molar-refractivity contribution in [2.45, 2.75) is 19.8 Å². The largest absolute Gasteiger partial charge is 0.355 e. The number of amides is 1. The topological polar surface area (TPSA) is 86.8 Å². The van der Waals surface area contributed by atoms with E-state index in [1.165, 1.54) is 12.8 Å². The van der Waals surface area contributed by atoms with Gasteiger partial charge in [-0.05, 0) is 61.2 Å². The van der Waals surface area contributed by atoms with Crippen LogP contribution in [-0.2, 0) is 0 Å². The third-order valence-electron chi connectivity index (χ3n) is 5.88. The smallest absolute Gasteiger partial charge is 0.255 e. The molecule has 1 aliphatic heterocycles. The van der Waals surface area contributed by atoms with Crippen molar-refractivity contribution >= 4 is 28.4 Å². The Morgan fingerprint density at radius 2 is 1.84 bits per heavy atom. The van der Waals surface area contributed by atoms with Crippen molar-refractivity contribution in [1.29, 1.82) is 0 Å². The van der Waals surface area contributed by atoms with Crippen molar-refractivity contribution in [2.24, 2.45) is 5.92 Å². The maximum Gasteiger partial charge on any atom is 0.255 e. The summed E-state index contributed by atoms with van der Waals surface area (Å²) in [5.74, 6) is 1.56. The number of benzene rings is 2. The summed E-state index contributed by atoms with van der Waals surface area (Å²) in [6.45, 7) is 4.38. The number of nitrogens with one attached hydrogen (secondary N) is 2. The molecule has 4 aromatic rings. The number of carbonyl (C=O) groups excluding carboxylic acids is 1. The summed E-state index contributed by atoms with van der Waals surface area (Å²) in [5.41, 5.74) is 4.76. The number of fused-ring (bicyclic) bond motifs is 1. The predicted molar refractivity (Wildman–Crippen MR) is 122 cm³/mol. The quantitative estimate of drug-likeness (QED) is 0.515. The second-order valence-corrected chi connectivity index (χ2v) is 8.11. The van der Waals surface area contributed by atoms with E-state index in [4.69, 9.17) is 0 Å². The minimum absolute atomic E-state index is 0.163. The highest BCUT2D eigenvalue weighted by molar-refractivity contribution is 6.06. The fraction of sp³-hybridized carbons (Fsp3) is 0.250. The van der Waals surface area contributed by atoms with Crippen LogP contribution in [0.15, 0.2) is 60.9 Å². The van der Waals surface area contributed by atoms with E-state index in [-0.39, 0.29) is 5.91 Å². The van der Waals surface area contributed by atoms with Gasteiger partial charge in [0.15, 0.2) is 5.82 Å². The van der Waals surface area contributed by atoms with E-state index in [0.29, 0.717) is 5.56 Å². The van der Waals surface area contributed by atoms with Crippen molar-refractivity contribution < 1.29 is 4.79 Å². The van der Waals surface area contributed by atoms with Crippen LogP contribution in [0.1, 0.15) is 30.1 Å². The summed E-state index contributed by atoms with van der Waals surface area (Å²) in [6, 6.07) is 17.1. The number of hydrogen-bond donors (Lipinski definition) is 2. The number of aromatic nitrogens is 4. The first-order valence-electron chi connectivity index (χ1n) is 10.6. The zero-order valence-electron chi connectivity index (χ0n) is 17.4. The Morgan fingerprint density at radius 3 is 2.58 bits per heavy atom. The molecule has 7 nitrogen and oxygen atoms in total. The minimum Gasteiger partial charge on any atom is -0.355 e. The molecule has 2 N–H and O–H groups in total. The Balaban J connectivity index is 1.25. The van der Waals surface area contributed by atoms with E-state index >= 15 is 0 Å². The van der Waals surface area contributed by atoms with Gasteiger partial charge in [-0.15, -0.1) is 10.2 Å². The maximum absolute atomic E-state index is 12.6. The third-order valence-corrected chi connectivity index (χ3v) is 5.88. The molecular weight excluding hydrogens is 388 g/mol. The Hall–Kier alpha value is -3.74. The first-order valence-corrected chi connectivity index (χ1v) is 10.6. The van der Waals surface area contributed by atoms with Gasteiger partial charge in [-0.25, -0.2) is 4.98 Å². The molecule has 2 aromatic heterocycles. The molecule has 156 valence electrons. The number of hydrogen-bond acceptors (Lipinski definition) is 5. The number of aromatic amines is 1. The molecule has 2 aromatic carbocycles. The molecule has 1 saturated heterocycles. The van der Waals surface area contributed by atoms with Gasteiger partial charge in [-0.2, -0.15) is 0 Å². The summed E-state index contributed by atoms with van der Waals surface area (Å²) in [7, 11) is 0. The number of imidazole rings is 1. The van der Waals surface area contributed by atoms with Crippen LogP contribution >= 0.6 is 0 Å². The van der Waals surface area contributed by atoms with Crippen molar-refractivity contribution in [3.05, 3.63) is 66.5 Å². The highest BCUT2D eigenvalue weighted by atomic mass is 16.1. The Labute approximate surface area is 180 Å². The zero-order valence-corrected chi connectivity index (χ0v) is 17.4. The summed E-state index contributed by atoms with van der Waals surface area (Å²) in [5, 5.41) is 11.8. The first kappa shape index (κ1) is 19.2. The van der Waals surface area contributed by atoms with Crippen molar-refractivity contribution in [2.75, 3.05) is 23.3 Å². The van der Waals surface area contributed by atoms with Crippen LogP contribution in [0.5, 0.6) is 0 Å². The highest BCUT2D eigenvalue weighted by Crippen LogP contribution is 2.24. The lowest BCUT2D eigenvalue weighted by molar-refractivity contribution is 0.102. The van der Waals surface area contributed by atoms with Crippen LogP contribution in [0, 0.1) is 5.92 Å². The van der Waals surface area contributed by atoms with E-state index in [9.17, 15) is 4.79 Å². The number of carbonyl (C=O) groups is 1. The van der Waals surface area contributed by atoms with Crippen LogP contribution < -0.4 is 10.2 Å². The normalized spacial score (nSPS) is 14.7. The monoisotopic (exact) mass is 412 g/mol. The second-order valence-electron chi connectivity index (χ2n) is 8.11. The van der Waals surface area contributed by atoms with E-state index in [2.05, 4.69) is 37.3 Å². The molecule has 0 spiro atoms. The molecule has 1 amide bonds. The number of rotatable bonds is 4. The van der Waals surface area contributed by atoms with Gasteiger partial charge in [-0.3, -0.25) is 4.79 Å². The van der Waals surface area contributed by atoms with E-state index in [1.807, 2.05) is 42.5 Å². The lowest BCUT2D eigenvalue weighted by Gasteiger charge is -2.30. The molecule has 0 radical (unpaired) electrons. The summed E-state index contributed by atoms with van der Waals surface area (Å²) < 4.78 is 0. The predicted octanol–water partition coefficient (Wildman–Crippen LogP) is 4.51. The Morgan fingerprint density at radius 1 is 1.03 bits per heavy atom. The van der Waals surface area contributed by atoms with E-state index in [0.717, 1.165) is 52.8 Å². The molecule has 7 heteroatoms. The van der Waals surface area contributed by atoms with E-state index in [1.54, 1.807) is 18.5 Å². The minimum atomic E-state index is -0.163. The van der Waals surface area contributed by atoms with Crippen LogP contribution in [0.25, 0.3) is 22.3 Å². The van der Waals surface area contributed by atoms with Crippen LogP contribution in [0.4, 0.5) is 11.5 Å². The summed E-state index contributed by atoms with van der Waals surface area (Å²) in [4.78, 5) is 22.1. The number of anilines is 2. The van der Waals surface area contributed by atoms with Crippen molar-refractivity contribution in [3.8, 4) is 11.3 Å². The average molecular weight is 412 g/mol. The van der Waals surface area contributed by atoms with Gasteiger partial charge in [0.2, 0.25) is 0 Å². The first-order chi connectivity index (χ1) is 15.2. The molecule has 1 aliphatic rings. The summed E-state index contributed by atoms with van der Waals surface area (Å²) in [6.07, 6.45) is 4.02. The highest BCUT2D eigenvalue weighted by Gasteiger charge is 2.17. The fourth-order valence-corrected chi connectivity index (χ4v) is 3.89.